The summed E-state index contributed by atoms with van der Waals surface area (Å²) in [7, 11) is 0. The van der Waals surface area contributed by atoms with Crippen molar-refractivity contribution in [3.63, 3.8) is 0 Å². The second-order valence-corrected chi connectivity index (χ2v) is 4.57. The minimum Gasteiger partial charge on any atom is -0.394 e. The number of carbonyl (C=O) groups is 1. The van der Waals surface area contributed by atoms with E-state index in [4.69, 9.17) is 16.7 Å². The topological polar surface area (TPSA) is 49.3 Å². The Kier molecular flexibility index (Phi) is 6.01. The normalized spacial score (nSPS) is 12.2. The van der Waals surface area contributed by atoms with Crippen molar-refractivity contribution >= 4 is 17.5 Å². The Morgan fingerprint density at radius 1 is 1.53 bits per heavy atom. The van der Waals surface area contributed by atoms with Gasteiger partial charge in [-0.25, -0.2) is 0 Å². The van der Waals surface area contributed by atoms with E-state index < -0.39 is 0 Å². The van der Waals surface area contributed by atoms with Crippen LogP contribution in [-0.2, 0) is 11.2 Å². The molecule has 0 radical (unpaired) electrons. The Hall–Kier alpha value is -1.06. The van der Waals surface area contributed by atoms with Gasteiger partial charge in [-0.15, -0.1) is 0 Å². The maximum atomic E-state index is 11.4. The highest BCUT2D eigenvalue weighted by Crippen LogP contribution is 2.12. The fourth-order valence-corrected chi connectivity index (χ4v) is 1.75. The molecule has 1 atom stereocenters. The fraction of sp³-hybridized carbons (Fsp3) is 0.462. The van der Waals surface area contributed by atoms with Gasteiger partial charge in [0.25, 0.3) is 0 Å². The van der Waals surface area contributed by atoms with E-state index in [9.17, 15) is 4.79 Å². The van der Waals surface area contributed by atoms with Crippen LogP contribution in [-0.4, -0.2) is 23.7 Å². The Bertz CT molecular complexity index is 368. The van der Waals surface area contributed by atoms with Crippen LogP contribution in [0, 0.1) is 0 Å². The molecule has 0 aliphatic carbocycles. The molecule has 0 spiro atoms. The molecular formula is C13H18ClNO2. The molecule has 1 aromatic rings. The summed E-state index contributed by atoms with van der Waals surface area (Å²) in [5.74, 6) is -0.0198. The van der Waals surface area contributed by atoms with E-state index in [0.717, 1.165) is 23.4 Å². The second kappa shape index (κ2) is 7.30. The molecule has 0 aliphatic heterocycles. The molecule has 0 aliphatic rings. The first-order valence-electron chi connectivity index (χ1n) is 5.76. The van der Waals surface area contributed by atoms with E-state index in [1.165, 1.54) is 0 Å². The molecule has 0 heterocycles. The summed E-state index contributed by atoms with van der Waals surface area (Å²) in [5, 5.41) is 12.2. The zero-order valence-corrected chi connectivity index (χ0v) is 10.7. The number of halogens is 1. The van der Waals surface area contributed by atoms with Crippen LogP contribution in [0.4, 0.5) is 0 Å². The number of rotatable bonds is 6. The third-order valence-electron chi connectivity index (χ3n) is 2.44. The lowest BCUT2D eigenvalue weighted by Crippen LogP contribution is -2.34. The maximum Gasteiger partial charge on any atom is 0.220 e. The van der Waals surface area contributed by atoms with Gasteiger partial charge >= 0.3 is 0 Å². The number of hydrogen-bond acceptors (Lipinski definition) is 2. The predicted octanol–water partition coefficient (Wildman–Crippen LogP) is 2.16. The lowest BCUT2D eigenvalue weighted by molar-refractivity contribution is -0.122. The van der Waals surface area contributed by atoms with Crippen LogP contribution in [0.1, 0.15) is 25.3 Å². The van der Waals surface area contributed by atoms with Crippen molar-refractivity contribution in [2.45, 2.75) is 32.2 Å². The Morgan fingerprint density at radius 2 is 2.29 bits per heavy atom. The predicted molar refractivity (Wildman–Crippen MR) is 69.1 cm³/mol. The molecule has 1 amide bonds. The van der Waals surface area contributed by atoms with Crippen molar-refractivity contribution in [1.29, 1.82) is 0 Å². The lowest BCUT2D eigenvalue weighted by Gasteiger charge is -2.10. The third kappa shape index (κ3) is 5.71. The largest absolute Gasteiger partial charge is 0.394 e. The van der Waals surface area contributed by atoms with E-state index in [1.54, 1.807) is 6.92 Å². The van der Waals surface area contributed by atoms with Gasteiger partial charge in [0, 0.05) is 17.5 Å². The van der Waals surface area contributed by atoms with Crippen LogP contribution in [0.2, 0.25) is 5.02 Å². The van der Waals surface area contributed by atoms with Gasteiger partial charge in [-0.2, -0.15) is 0 Å². The molecule has 0 saturated carbocycles. The van der Waals surface area contributed by atoms with Crippen LogP contribution in [0.3, 0.4) is 0 Å². The van der Waals surface area contributed by atoms with Crippen molar-refractivity contribution in [1.82, 2.24) is 5.32 Å². The van der Waals surface area contributed by atoms with Crippen LogP contribution in [0.25, 0.3) is 0 Å². The van der Waals surface area contributed by atoms with Crippen molar-refractivity contribution in [2.75, 3.05) is 6.61 Å². The van der Waals surface area contributed by atoms with Gasteiger partial charge in [-0.3, -0.25) is 4.79 Å². The van der Waals surface area contributed by atoms with Gasteiger partial charge in [0.15, 0.2) is 0 Å². The number of aliphatic hydroxyl groups is 1. The van der Waals surface area contributed by atoms with Gasteiger partial charge < -0.3 is 10.4 Å². The third-order valence-corrected chi connectivity index (χ3v) is 2.67. The SMILES string of the molecule is CC(CO)NC(=O)CCCc1cccc(Cl)c1. The molecule has 0 saturated heterocycles. The summed E-state index contributed by atoms with van der Waals surface area (Å²) in [6.07, 6.45) is 2.09. The van der Waals surface area contributed by atoms with Crippen LogP contribution >= 0.6 is 11.6 Å². The van der Waals surface area contributed by atoms with E-state index in [2.05, 4.69) is 5.32 Å². The first kappa shape index (κ1) is 14.0. The summed E-state index contributed by atoms with van der Waals surface area (Å²) in [6, 6.07) is 7.48. The highest BCUT2D eigenvalue weighted by atomic mass is 35.5. The number of carbonyl (C=O) groups excluding carboxylic acids is 1. The van der Waals surface area contributed by atoms with Crippen LogP contribution < -0.4 is 5.32 Å². The fourth-order valence-electron chi connectivity index (χ4n) is 1.54. The molecule has 94 valence electrons. The highest BCUT2D eigenvalue weighted by molar-refractivity contribution is 6.30. The summed E-state index contributed by atoms with van der Waals surface area (Å²) in [6.45, 7) is 1.74. The molecule has 0 fully saturated rings. The second-order valence-electron chi connectivity index (χ2n) is 4.13. The number of hydrogen-bond donors (Lipinski definition) is 2. The number of amides is 1. The Labute approximate surface area is 107 Å². The standard InChI is InChI=1S/C13H18ClNO2/c1-10(9-16)15-13(17)7-3-5-11-4-2-6-12(14)8-11/h2,4,6,8,10,16H,3,5,7,9H2,1H3,(H,15,17). The highest BCUT2D eigenvalue weighted by Gasteiger charge is 2.05. The van der Waals surface area contributed by atoms with Gasteiger partial charge in [0.05, 0.1) is 6.61 Å². The van der Waals surface area contributed by atoms with Crippen molar-refractivity contribution in [3.05, 3.63) is 34.9 Å². The lowest BCUT2D eigenvalue weighted by atomic mass is 10.1. The van der Waals surface area contributed by atoms with Crippen molar-refractivity contribution in [2.24, 2.45) is 0 Å². The summed E-state index contributed by atoms with van der Waals surface area (Å²) in [5.41, 5.74) is 1.14. The van der Waals surface area contributed by atoms with E-state index in [1.807, 2.05) is 24.3 Å². The van der Waals surface area contributed by atoms with E-state index in [-0.39, 0.29) is 18.6 Å². The van der Waals surface area contributed by atoms with Crippen LogP contribution in [0.15, 0.2) is 24.3 Å². The molecular weight excluding hydrogens is 238 g/mol. The smallest absolute Gasteiger partial charge is 0.220 e. The van der Waals surface area contributed by atoms with E-state index >= 15 is 0 Å². The van der Waals surface area contributed by atoms with Gasteiger partial charge in [-0.1, -0.05) is 23.7 Å². The number of benzene rings is 1. The van der Waals surface area contributed by atoms with E-state index in [0.29, 0.717) is 6.42 Å². The summed E-state index contributed by atoms with van der Waals surface area (Å²) < 4.78 is 0. The first-order valence-corrected chi connectivity index (χ1v) is 6.14. The zero-order chi connectivity index (χ0) is 12.7. The van der Waals surface area contributed by atoms with Crippen molar-refractivity contribution in [3.8, 4) is 0 Å². The molecule has 2 N–H and O–H groups in total. The average molecular weight is 256 g/mol. The Morgan fingerprint density at radius 3 is 2.94 bits per heavy atom. The van der Waals surface area contributed by atoms with Crippen LogP contribution in [0.5, 0.6) is 0 Å². The summed E-state index contributed by atoms with van der Waals surface area (Å²) >= 11 is 5.87. The Balaban J connectivity index is 2.26. The molecule has 4 heteroatoms. The van der Waals surface area contributed by atoms with Crippen molar-refractivity contribution < 1.29 is 9.90 Å². The molecule has 1 unspecified atom stereocenters. The quantitative estimate of drug-likeness (QED) is 0.819. The molecule has 17 heavy (non-hydrogen) atoms. The maximum absolute atomic E-state index is 11.4. The molecule has 1 rings (SSSR count). The molecule has 0 aromatic heterocycles. The minimum atomic E-state index is -0.173. The summed E-state index contributed by atoms with van der Waals surface area (Å²) in [4.78, 5) is 11.4. The molecule has 3 nitrogen and oxygen atoms in total. The van der Waals surface area contributed by atoms with Gasteiger partial charge in [-0.05, 0) is 37.5 Å². The van der Waals surface area contributed by atoms with Gasteiger partial charge in [0.2, 0.25) is 5.91 Å². The number of aryl methyl sites for hydroxylation is 1. The average Bonchev–Trinajstić information content (AvgIpc) is 2.29. The number of nitrogens with one attached hydrogen (secondary N) is 1. The molecule has 0 bridgehead atoms. The molecule has 1 aromatic carbocycles. The monoisotopic (exact) mass is 255 g/mol. The first-order chi connectivity index (χ1) is 8.11. The number of aliphatic hydroxyl groups excluding tert-OH is 1. The minimum absolute atomic E-state index is 0.0198. The zero-order valence-electron chi connectivity index (χ0n) is 9.95. The van der Waals surface area contributed by atoms with Gasteiger partial charge in [0.1, 0.15) is 0 Å².